The first-order valence-corrected chi connectivity index (χ1v) is 6.83. The fourth-order valence-corrected chi connectivity index (χ4v) is 3.36. The van der Waals surface area contributed by atoms with Crippen molar-refractivity contribution in [1.29, 1.82) is 0 Å². The fraction of sp³-hybridized carbons (Fsp3) is 0.889. The van der Waals surface area contributed by atoms with Gasteiger partial charge in [-0.25, -0.2) is 0 Å². The molecule has 1 amide bonds. The van der Waals surface area contributed by atoms with Crippen LogP contribution in [0.15, 0.2) is 0 Å². The van der Waals surface area contributed by atoms with Gasteiger partial charge in [0.1, 0.15) is 0 Å². The largest absolute Gasteiger partial charge is 0.396 e. The predicted molar refractivity (Wildman–Crippen MR) is 58.3 cm³/mol. The normalized spacial score (nSPS) is 12.9. The van der Waals surface area contributed by atoms with Gasteiger partial charge in [0.15, 0.2) is 0 Å². The Balaban J connectivity index is 4.12. The summed E-state index contributed by atoms with van der Waals surface area (Å²) in [4.78, 5) is 10.4. The first-order chi connectivity index (χ1) is 6.79. The van der Waals surface area contributed by atoms with E-state index in [1.807, 2.05) is 13.8 Å². The number of nitrogens with one attached hydrogen (secondary N) is 1. The molecular weight excluding hydrogens is 198 g/mol. The highest BCUT2D eigenvalue weighted by Crippen LogP contribution is 2.04. The SMILES string of the molecule is CCCC(NC=O)[SiH](OCC)OCC. The summed E-state index contributed by atoms with van der Waals surface area (Å²) in [6.45, 7) is 7.28. The molecule has 0 heterocycles. The monoisotopic (exact) mass is 219 g/mol. The van der Waals surface area contributed by atoms with E-state index in [-0.39, 0.29) is 5.67 Å². The third-order valence-corrected chi connectivity index (χ3v) is 4.38. The third-order valence-electron chi connectivity index (χ3n) is 1.87. The van der Waals surface area contributed by atoms with Crippen LogP contribution in [0.4, 0.5) is 0 Å². The number of carbonyl (C=O) groups excluding carboxylic acids is 1. The van der Waals surface area contributed by atoms with E-state index in [1.54, 1.807) is 0 Å². The van der Waals surface area contributed by atoms with Gasteiger partial charge in [-0.05, 0) is 20.3 Å². The van der Waals surface area contributed by atoms with Crippen LogP contribution < -0.4 is 5.32 Å². The second-order valence-electron chi connectivity index (χ2n) is 2.96. The van der Waals surface area contributed by atoms with E-state index in [0.717, 1.165) is 19.3 Å². The molecule has 4 nitrogen and oxygen atoms in total. The van der Waals surface area contributed by atoms with Crippen molar-refractivity contribution in [2.75, 3.05) is 13.2 Å². The van der Waals surface area contributed by atoms with Gasteiger partial charge in [-0.15, -0.1) is 0 Å². The molecule has 0 aliphatic rings. The van der Waals surface area contributed by atoms with Crippen molar-refractivity contribution in [3.05, 3.63) is 0 Å². The van der Waals surface area contributed by atoms with Gasteiger partial charge in [0.2, 0.25) is 6.41 Å². The van der Waals surface area contributed by atoms with E-state index in [0.29, 0.717) is 13.2 Å². The Hall–Kier alpha value is -0.393. The summed E-state index contributed by atoms with van der Waals surface area (Å²) in [5.74, 6) is 0. The first-order valence-electron chi connectivity index (χ1n) is 5.22. The topological polar surface area (TPSA) is 47.6 Å². The van der Waals surface area contributed by atoms with Gasteiger partial charge in [-0.3, -0.25) is 4.79 Å². The minimum atomic E-state index is -1.73. The second kappa shape index (κ2) is 9.17. The molecule has 0 saturated carbocycles. The number of carbonyl (C=O) groups is 1. The van der Waals surface area contributed by atoms with Crippen LogP contribution in [0.1, 0.15) is 33.6 Å². The maximum atomic E-state index is 10.4. The lowest BCUT2D eigenvalue weighted by molar-refractivity contribution is -0.110. The highest BCUT2D eigenvalue weighted by molar-refractivity contribution is 6.46. The molecule has 0 saturated heterocycles. The summed E-state index contributed by atoms with van der Waals surface area (Å²) in [5, 5.41) is 2.78. The lowest BCUT2D eigenvalue weighted by Crippen LogP contribution is -2.46. The maximum Gasteiger partial charge on any atom is 0.344 e. The molecule has 0 aromatic rings. The van der Waals surface area contributed by atoms with Crippen molar-refractivity contribution in [2.24, 2.45) is 0 Å². The molecule has 0 radical (unpaired) electrons. The van der Waals surface area contributed by atoms with Gasteiger partial charge in [0.05, 0.1) is 5.67 Å². The van der Waals surface area contributed by atoms with Crippen LogP contribution in [-0.4, -0.2) is 34.6 Å². The molecule has 1 unspecified atom stereocenters. The lowest BCUT2D eigenvalue weighted by Gasteiger charge is -2.23. The number of amides is 1. The molecule has 0 fully saturated rings. The Morgan fingerprint density at radius 3 is 2.21 bits per heavy atom. The summed E-state index contributed by atoms with van der Waals surface area (Å²) in [6, 6.07) is 0. The van der Waals surface area contributed by atoms with E-state index in [1.165, 1.54) is 0 Å². The number of rotatable bonds is 9. The van der Waals surface area contributed by atoms with Gasteiger partial charge in [0.25, 0.3) is 0 Å². The molecule has 14 heavy (non-hydrogen) atoms. The fourth-order valence-electron chi connectivity index (χ4n) is 1.31. The molecule has 0 rings (SSSR count). The molecule has 5 heteroatoms. The average molecular weight is 219 g/mol. The van der Waals surface area contributed by atoms with Gasteiger partial charge < -0.3 is 14.2 Å². The van der Waals surface area contributed by atoms with Crippen LogP contribution in [0.25, 0.3) is 0 Å². The van der Waals surface area contributed by atoms with Crippen molar-refractivity contribution in [3.63, 3.8) is 0 Å². The molecular formula is C9H21NO3Si. The number of hydrogen-bond donors (Lipinski definition) is 1. The zero-order chi connectivity index (χ0) is 10.8. The van der Waals surface area contributed by atoms with Crippen LogP contribution in [0.3, 0.4) is 0 Å². The molecule has 1 N–H and O–H groups in total. The van der Waals surface area contributed by atoms with Crippen LogP contribution >= 0.6 is 0 Å². The van der Waals surface area contributed by atoms with E-state index in [9.17, 15) is 4.79 Å². The Morgan fingerprint density at radius 2 is 1.86 bits per heavy atom. The first kappa shape index (κ1) is 13.6. The zero-order valence-electron chi connectivity index (χ0n) is 9.29. The van der Waals surface area contributed by atoms with Crippen molar-refractivity contribution in [3.8, 4) is 0 Å². The second-order valence-corrected chi connectivity index (χ2v) is 5.17. The Kier molecular flexibility index (Phi) is 8.92. The van der Waals surface area contributed by atoms with Gasteiger partial charge in [0, 0.05) is 13.2 Å². The van der Waals surface area contributed by atoms with Gasteiger partial charge >= 0.3 is 9.28 Å². The van der Waals surface area contributed by atoms with Crippen molar-refractivity contribution >= 4 is 15.7 Å². The highest BCUT2D eigenvalue weighted by atomic mass is 28.3. The van der Waals surface area contributed by atoms with Gasteiger partial charge in [-0.1, -0.05) is 13.3 Å². The van der Waals surface area contributed by atoms with Gasteiger partial charge in [-0.2, -0.15) is 0 Å². The smallest absolute Gasteiger partial charge is 0.344 e. The molecule has 84 valence electrons. The summed E-state index contributed by atoms with van der Waals surface area (Å²) in [6.07, 6.45) is 2.68. The van der Waals surface area contributed by atoms with Crippen LogP contribution in [0.5, 0.6) is 0 Å². The number of hydrogen-bond acceptors (Lipinski definition) is 3. The van der Waals surface area contributed by atoms with E-state index >= 15 is 0 Å². The summed E-state index contributed by atoms with van der Waals surface area (Å²) >= 11 is 0. The molecule has 0 aromatic heterocycles. The molecule has 0 aliphatic carbocycles. The zero-order valence-corrected chi connectivity index (χ0v) is 10.4. The Labute approximate surface area is 87.8 Å². The minimum Gasteiger partial charge on any atom is -0.396 e. The molecule has 0 spiro atoms. The van der Waals surface area contributed by atoms with E-state index < -0.39 is 9.28 Å². The lowest BCUT2D eigenvalue weighted by atomic mass is 10.3. The minimum absolute atomic E-state index is 0.0948. The van der Waals surface area contributed by atoms with E-state index in [2.05, 4.69) is 12.2 Å². The summed E-state index contributed by atoms with van der Waals surface area (Å²) < 4.78 is 11.1. The third kappa shape index (κ3) is 5.36. The quantitative estimate of drug-likeness (QED) is 0.459. The van der Waals surface area contributed by atoms with Crippen molar-refractivity contribution < 1.29 is 13.6 Å². The Bertz CT molecular complexity index is 140. The predicted octanol–water partition coefficient (Wildman–Crippen LogP) is 0.734. The maximum absolute atomic E-state index is 10.4. The van der Waals surface area contributed by atoms with Crippen molar-refractivity contribution in [2.45, 2.75) is 39.3 Å². The van der Waals surface area contributed by atoms with Crippen LogP contribution in [0.2, 0.25) is 0 Å². The van der Waals surface area contributed by atoms with E-state index in [4.69, 9.17) is 8.85 Å². The highest BCUT2D eigenvalue weighted by Gasteiger charge is 2.24. The molecule has 0 aliphatic heterocycles. The average Bonchev–Trinajstić information content (AvgIpc) is 2.17. The summed E-state index contributed by atoms with van der Waals surface area (Å²) in [7, 11) is -1.73. The van der Waals surface area contributed by atoms with Crippen LogP contribution in [0, 0.1) is 0 Å². The summed E-state index contributed by atoms with van der Waals surface area (Å²) in [5.41, 5.74) is 0.0948. The van der Waals surface area contributed by atoms with Crippen molar-refractivity contribution in [1.82, 2.24) is 5.32 Å². The standard InChI is InChI=1S/C9H21NO3Si/c1-4-7-9(10-8-11)14(12-5-2)13-6-3/h8-9,14H,4-7H2,1-3H3,(H,10,11). The van der Waals surface area contributed by atoms with Crippen LogP contribution in [-0.2, 0) is 13.6 Å². The molecule has 0 bridgehead atoms. The molecule has 0 aromatic carbocycles. The molecule has 1 atom stereocenters. The Morgan fingerprint density at radius 1 is 1.29 bits per heavy atom.